The molecule has 2 aromatic carbocycles. The standard InChI is InChI=1S/C25H26ClN3O/c1-28(2)11-6-12-29-17-23(22-9-5-10-24(30-3)25(22)29)20-13-19(15-27-16-20)18-7-4-8-21(26)14-18/h4-5,7-10,13-17H,6,11-12H2,1-3H3. The van der Waals surface area contributed by atoms with Crippen LogP contribution in [-0.4, -0.2) is 42.2 Å². The Bertz CT molecular complexity index is 1170. The summed E-state index contributed by atoms with van der Waals surface area (Å²) in [5.74, 6) is 0.891. The van der Waals surface area contributed by atoms with E-state index < -0.39 is 0 Å². The van der Waals surface area contributed by atoms with Crippen LogP contribution in [0.3, 0.4) is 0 Å². The number of nitrogens with zero attached hydrogens (tertiary/aromatic N) is 3. The molecule has 4 nitrogen and oxygen atoms in total. The lowest BCUT2D eigenvalue weighted by molar-refractivity contribution is 0.386. The molecule has 4 rings (SSSR count). The number of rotatable bonds is 7. The summed E-state index contributed by atoms with van der Waals surface area (Å²) in [6, 6.07) is 16.3. The number of aryl methyl sites for hydroxylation is 1. The molecule has 0 saturated carbocycles. The van der Waals surface area contributed by atoms with Gasteiger partial charge in [-0.1, -0.05) is 35.9 Å². The van der Waals surface area contributed by atoms with Crippen LogP contribution < -0.4 is 4.74 Å². The van der Waals surface area contributed by atoms with Gasteiger partial charge in [-0.2, -0.15) is 0 Å². The van der Waals surface area contributed by atoms with E-state index in [1.165, 1.54) is 5.39 Å². The molecule has 5 heteroatoms. The van der Waals surface area contributed by atoms with Crippen molar-refractivity contribution in [2.45, 2.75) is 13.0 Å². The smallest absolute Gasteiger partial charge is 0.143 e. The van der Waals surface area contributed by atoms with E-state index in [2.05, 4.69) is 52.9 Å². The Morgan fingerprint density at radius 3 is 2.57 bits per heavy atom. The molecule has 0 N–H and O–H groups in total. The third kappa shape index (κ3) is 4.20. The van der Waals surface area contributed by atoms with Crippen LogP contribution in [0.4, 0.5) is 0 Å². The van der Waals surface area contributed by atoms with Crippen LogP contribution in [0.25, 0.3) is 33.2 Å². The molecular formula is C25H26ClN3O. The number of para-hydroxylation sites is 1. The van der Waals surface area contributed by atoms with E-state index in [4.69, 9.17) is 16.3 Å². The normalized spacial score (nSPS) is 11.4. The van der Waals surface area contributed by atoms with Crippen molar-refractivity contribution in [3.05, 3.63) is 72.1 Å². The van der Waals surface area contributed by atoms with Gasteiger partial charge >= 0.3 is 0 Å². The number of benzene rings is 2. The molecule has 30 heavy (non-hydrogen) atoms. The Morgan fingerprint density at radius 2 is 1.80 bits per heavy atom. The Balaban J connectivity index is 1.80. The number of halogens is 1. The number of methoxy groups -OCH3 is 1. The van der Waals surface area contributed by atoms with Gasteiger partial charge in [0.1, 0.15) is 5.75 Å². The summed E-state index contributed by atoms with van der Waals surface area (Å²) >= 11 is 6.20. The van der Waals surface area contributed by atoms with Gasteiger partial charge < -0.3 is 14.2 Å². The lowest BCUT2D eigenvalue weighted by atomic mass is 10.0. The van der Waals surface area contributed by atoms with Gasteiger partial charge in [0.15, 0.2) is 0 Å². The second-order valence-electron chi connectivity index (χ2n) is 7.72. The van der Waals surface area contributed by atoms with Crippen LogP contribution in [0.2, 0.25) is 5.02 Å². The number of ether oxygens (including phenoxy) is 1. The van der Waals surface area contributed by atoms with Crippen LogP contribution in [-0.2, 0) is 6.54 Å². The molecule has 0 unspecified atom stereocenters. The first kappa shape index (κ1) is 20.5. The molecule has 0 fully saturated rings. The molecule has 0 saturated heterocycles. The number of hydrogen-bond donors (Lipinski definition) is 0. The third-order valence-corrected chi connectivity index (χ3v) is 5.53. The van der Waals surface area contributed by atoms with Crippen molar-refractivity contribution in [3.63, 3.8) is 0 Å². The van der Waals surface area contributed by atoms with Crippen LogP contribution in [0.1, 0.15) is 6.42 Å². The van der Waals surface area contributed by atoms with Gasteiger partial charge in [0, 0.05) is 52.2 Å². The minimum absolute atomic E-state index is 0.722. The molecule has 4 aromatic rings. The summed E-state index contributed by atoms with van der Waals surface area (Å²) in [6.07, 6.45) is 7.09. The van der Waals surface area contributed by atoms with Gasteiger partial charge in [0.25, 0.3) is 0 Å². The zero-order chi connectivity index (χ0) is 21.1. The van der Waals surface area contributed by atoms with Gasteiger partial charge in [-0.05, 0) is 56.9 Å². The Labute approximate surface area is 182 Å². The number of pyridine rings is 1. The highest BCUT2D eigenvalue weighted by Crippen LogP contribution is 2.37. The fourth-order valence-electron chi connectivity index (χ4n) is 3.87. The van der Waals surface area contributed by atoms with Crippen LogP contribution in [0, 0.1) is 0 Å². The maximum absolute atomic E-state index is 6.20. The molecule has 0 aliphatic heterocycles. The van der Waals surface area contributed by atoms with E-state index in [-0.39, 0.29) is 0 Å². The van der Waals surface area contributed by atoms with E-state index in [0.29, 0.717) is 0 Å². The van der Waals surface area contributed by atoms with Crippen molar-refractivity contribution >= 4 is 22.5 Å². The average Bonchev–Trinajstić information content (AvgIpc) is 3.12. The van der Waals surface area contributed by atoms with E-state index in [1.807, 2.05) is 42.7 Å². The van der Waals surface area contributed by atoms with Crippen molar-refractivity contribution in [1.29, 1.82) is 0 Å². The zero-order valence-electron chi connectivity index (χ0n) is 17.6. The summed E-state index contributed by atoms with van der Waals surface area (Å²) < 4.78 is 7.99. The van der Waals surface area contributed by atoms with E-state index in [9.17, 15) is 0 Å². The summed E-state index contributed by atoms with van der Waals surface area (Å²) in [6.45, 7) is 1.96. The van der Waals surface area contributed by atoms with Crippen molar-refractivity contribution < 1.29 is 4.74 Å². The predicted molar refractivity (Wildman–Crippen MR) is 125 cm³/mol. The first-order valence-electron chi connectivity index (χ1n) is 10.1. The van der Waals surface area contributed by atoms with Crippen LogP contribution in [0.15, 0.2) is 67.1 Å². The highest BCUT2D eigenvalue weighted by molar-refractivity contribution is 6.30. The van der Waals surface area contributed by atoms with E-state index >= 15 is 0 Å². The number of aromatic nitrogens is 2. The molecule has 0 atom stereocenters. The molecule has 0 radical (unpaired) electrons. The van der Waals surface area contributed by atoms with Crippen LogP contribution >= 0.6 is 11.6 Å². The first-order valence-corrected chi connectivity index (χ1v) is 10.5. The largest absolute Gasteiger partial charge is 0.495 e. The molecule has 0 spiro atoms. The first-order chi connectivity index (χ1) is 14.6. The molecule has 0 aliphatic carbocycles. The monoisotopic (exact) mass is 419 g/mol. The molecule has 0 amide bonds. The van der Waals surface area contributed by atoms with E-state index in [1.54, 1.807) is 7.11 Å². The second kappa shape index (κ2) is 8.90. The third-order valence-electron chi connectivity index (χ3n) is 5.29. The molecule has 2 heterocycles. The Hall–Kier alpha value is -2.82. The molecule has 0 aliphatic rings. The van der Waals surface area contributed by atoms with Gasteiger partial charge in [-0.25, -0.2) is 0 Å². The summed E-state index contributed by atoms with van der Waals surface area (Å²) in [5, 5.41) is 1.89. The molecule has 0 bridgehead atoms. The Kier molecular flexibility index (Phi) is 6.07. The predicted octanol–water partition coefficient (Wildman–Crippen LogP) is 5.98. The lowest BCUT2D eigenvalue weighted by Gasteiger charge is -2.11. The summed E-state index contributed by atoms with van der Waals surface area (Å²) in [4.78, 5) is 6.73. The molecule has 2 aromatic heterocycles. The summed E-state index contributed by atoms with van der Waals surface area (Å²) in [7, 11) is 5.94. The molecular weight excluding hydrogens is 394 g/mol. The number of fused-ring (bicyclic) bond motifs is 1. The SMILES string of the molecule is COc1cccc2c(-c3cncc(-c4cccc(Cl)c4)c3)cn(CCCN(C)C)c12. The fourth-order valence-corrected chi connectivity index (χ4v) is 4.06. The van der Waals surface area contributed by atoms with Crippen molar-refractivity contribution in [2.24, 2.45) is 0 Å². The van der Waals surface area contributed by atoms with Crippen molar-refractivity contribution in [3.8, 4) is 28.0 Å². The van der Waals surface area contributed by atoms with Crippen LogP contribution in [0.5, 0.6) is 5.75 Å². The topological polar surface area (TPSA) is 30.3 Å². The maximum atomic E-state index is 6.20. The highest BCUT2D eigenvalue weighted by atomic mass is 35.5. The maximum Gasteiger partial charge on any atom is 0.143 e. The van der Waals surface area contributed by atoms with Gasteiger partial charge in [0.2, 0.25) is 0 Å². The summed E-state index contributed by atoms with van der Waals surface area (Å²) in [5.41, 5.74) is 5.47. The van der Waals surface area contributed by atoms with Gasteiger partial charge in [-0.15, -0.1) is 0 Å². The van der Waals surface area contributed by atoms with Gasteiger partial charge in [0.05, 0.1) is 12.6 Å². The Morgan fingerprint density at radius 1 is 1.00 bits per heavy atom. The lowest BCUT2D eigenvalue weighted by Crippen LogP contribution is -2.14. The zero-order valence-corrected chi connectivity index (χ0v) is 18.4. The minimum atomic E-state index is 0.722. The average molecular weight is 420 g/mol. The molecule has 154 valence electrons. The van der Waals surface area contributed by atoms with E-state index in [0.717, 1.165) is 58.1 Å². The quantitative estimate of drug-likeness (QED) is 0.369. The van der Waals surface area contributed by atoms with Gasteiger partial charge in [-0.3, -0.25) is 4.98 Å². The fraction of sp³-hybridized carbons (Fsp3) is 0.240. The van der Waals surface area contributed by atoms with Crippen molar-refractivity contribution in [2.75, 3.05) is 27.7 Å². The van der Waals surface area contributed by atoms with Crippen molar-refractivity contribution in [1.82, 2.24) is 14.5 Å². The minimum Gasteiger partial charge on any atom is -0.495 e. The second-order valence-corrected chi connectivity index (χ2v) is 8.16. The highest BCUT2D eigenvalue weighted by Gasteiger charge is 2.15. The number of hydrogen-bond acceptors (Lipinski definition) is 3.